The summed E-state index contributed by atoms with van der Waals surface area (Å²) in [5.74, 6) is -4.23. The van der Waals surface area contributed by atoms with Gasteiger partial charge in [-0.1, -0.05) is 80.6 Å². The largest absolute Gasteiger partial charge is 0.480 e. The zero-order valence-electron chi connectivity index (χ0n) is 35.9. The van der Waals surface area contributed by atoms with Gasteiger partial charge in [-0.05, 0) is 55.2 Å². The molecular weight excluding hydrogens is 809 g/mol. The Balaban J connectivity index is 1.28. The first-order valence-corrected chi connectivity index (χ1v) is 21.9. The molecule has 2 heterocycles. The monoisotopic (exact) mass is 870 g/mol. The van der Waals surface area contributed by atoms with Gasteiger partial charge in [-0.2, -0.15) is 0 Å². The van der Waals surface area contributed by atoms with Gasteiger partial charge in [-0.3, -0.25) is 33.8 Å². The van der Waals surface area contributed by atoms with Crippen molar-refractivity contribution in [2.24, 2.45) is 22.4 Å². The number of fused-ring (bicyclic) bond motifs is 1. The number of carboxylic acids is 1. The number of carbonyl (C=O) groups is 7. The van der Waals surface area contributed by atoms with Crippen molar-refractivity contribution < 1.29 is 38.7 Å². The topological polar surface area (TPSA) is 283 Å². The SMILES string of the molecule is CC(=O)N[C@@H](Cc1ccccc1)C(=O)NCCC(=O)N1CCC[C@H]1C(=O)N[C@H](CC1CCCCC1)C(=O)N[C@@H](Cc1c[nH]c2ccccc12)C(=O)N[C@H](CCCN=C(N)N)C(=O)O. The molecule has 18 heteroatoms. The molecule has 1 saturated heterocycles. The number of carboxylic acid groups (broad SMARTS) is 1. The summed E-state index contributed by atoms with van der Waals surface area (Å²) in [5, 5.41) is 24.6. The number of benzene rings is 2. The lowest BCUT2D eigenvalue weighted by atomic mass is 9.84. The van der Waals surface area contributed by atoms with Crippen molar-refractivity contribution in [3.8, 4) is 0 Å². The van der Waals surface area contributed by atoms with Crippen LogP contribution >= 0.6 is 0 Å². The number of H-pyrrole nitrogens is 1. The second kappa shape index (κ2) is 23.7. The Hall–Kier alpha value is -6.46. The van der Waals surface area contributed by atoms with Crippen LogP contribution in [0.4, 0.5) is 0 Å². The van der Waals surface area contributed by atoms with Gasteiger partial charge in [-0.25, -0.2) is 4.79 Å². The molecule has 63 heavy (non-hydrogen) atoms. The molecule has 5 atom stereocenters. The minimum Gasteiger partial charge on any atom is -0.480 e. The molecule has 340 valence electrons. The zero-order valence-corrected chi connectivity index (χ0v) is 35.9. The summed E-state index contributed by atoms with van der Waals surface area (Å²) >= 11 is 0. The van der Waals surface area contributed by atoms with Crippen LogP contribution in [0.15, 0.2) is 65.8 Å². The molecular formula is C45H62N10O8. The minimum absolute atomic E-state index is 0.0149. The fraction of sp³-hybridized carbons (Fsp3) is 0.511. The van der Waals surface area contributed by atoms with E-state index in [0.717, 1.165) is 54.1 Å². The second-order valence-electron chi connectivity index (χ2n) is 16.5. The van der Waals surface area contributed by atoms with E-state index in [1.165, 1.54) is 11.8 Å². The van der Waals surface area contributed by atoms with Crippen molar-refractivity contribution in [3.05, 3.63) is 71.9 Å². The van der Waals surface area contributed by atoms with E-state index >= 15 is 0 Å². The van der Waals surface area contributed by atoms with Gasteiger partial charge in [0, 0.05) is 62.9 Å². The summed E-state index contributed by atoms with van der Waals surface area (Å²) in [6.07, 6.45) is 8.26. The van der Waals surface area contributed by atoms with Crippen LogP contribution in [0.2, 0.25) is 0 Å². The lowest BCUT2D eigenvalue weighted by Crippen LogP contribution is -2.58. The van der Waals surface area contributed by atoms with E-state index in [1.54, 1.807) is 6.20 Å². The number of amides is 6. The standard InChI is InChI=1S/C45H62N10O8/c1-28(56)51-35(24-29-12-4-2-5-13-29)40(58)48-22-20-39(57)55-23-11-19-38(55)43(61)54-36(25-30-14-6-3-7-15-30)41(59)53-37(26-31-27-50-33-17-9-8-16-32(31)33)42(60)52-34(44(62)63)18-10-21-49-45(46)47/h2,4-5,8-9,12-13,16-17,27,30,34-38,50H,3,6-7,10-11,14-15,18-26H2,1H3,(H,48,58)(H,51,56)(H,52,60)(H,53,59)(H,54,61)(H,62,63)(H4,46,47,49)/t34-,35+,36-,37+,38+/m1/s1. The number of aromatic nitrogens is 1. The molecule has 3 aromatic rings. The van der Waals surface area contributed by atoms with Gasteiger partial charge in [0.1, 0.15) is 30.2 Å². The molecule has 5 rings (SSSR count). The summed E-state index contributed by atoms with van der Waals surface area (Å²) in [7, 11) is 0. The van der Waals surface area contributed by atoms with Gasteiger partial charge in [0.15, 0.2) is 5.96 Å². The highest BCUT2D eigenvalue weighted by molar-refractivity contribution is 5.96. The quantitative estimate of drug-likeness (QED) is 0.0399. The highest BCUT2D eigenvalue weighted by atomic mass is 16.4. The number of rotatable bonds is 22. The molecule has 2 aromatic carbocycles. The first kappa shape index (κ1) is 47.6. The first-order chi connectivity index (χ1) is 30.3. The summed E-state index contributed by atoms with van der Waals surface area (Å²) in [5.41, 5.74) is 13.2. The third kappa shape index (κ3) is 14.6. The average Bonchev–Trinajstić information content (AvgIpc) is 3.92. The summed E-state index contributed by atoms with van der Waals surface area (Å²) in [4.78, 5) is 102. The summed E-state index contributed by atoms with van der Waals surface area (Å²) in [6.45, 7) is 1.79. The van der Waals surface area contributed by atoms with E-state index in [-0.39, 0.29) is 68.9 Å². The molecule has 0 radical (unpaired) electrons. The Bertz CT molecular complexity index is 2080. The van der Waals surface area contributed by atoms with E-state index in [9.17, 15) is 38.7 Å². The molecule has 6 amide bonds. The van der Waals surface area contributed by atoms with Crippen LogP contribution in [0.3, 0.4) is 0 Å². The average molecular weight is 871 g/mol. The number of aliphatic carboxylic acids is 1. The zero-order chi connectivity index (χ0) is 45.3. The van der Waals surface area contributed by atoms with Crippen molar-refractivity contribution in [2.45, 2.75) is 121 Å². The number of carbonyl (C=O) groups excluding carboxylic acids is 6. The number of para-hydroxylation sites is 1. The van der Waals surface area contributed by atoms with Crippen molar-refractivity contribution >= 4 is 58.3 Å². The Morgan fingerprint density at radius 2 is 1.48 bits per heavy atom. The van der Waals surface area contributed by atoms with Gasteiger partial charge < -0.3 is 53.0 Å². The number of nitrogens with two attached hydrogens (primary N) is 2. The van der Waals surface area contributed by atoms with Gasteiger partial charge in [-0.15, -0.1) is 0 Å². The Kier molecular flexibility index (Phi) is 17.9. The van der Waals surface area contributed by atoms with Gasteiger partial charge >= 0.3 is 5.97 Å². The number of aromatic amines is 1. The van der Waals surface area contributed by atoms with E-state index in [4.69, 9.17) is 11.5 Å². The number of hydrogen-bond acceptors (Lipinski definition) is 8. The molecule has 1 aromatic heterocycles. The van der Waals surface area contributed by atoms with Crippen LogP contribution in [0.25, 0.3) is 10.9 Å². The van der Waals surface area contributed by atoms with E-state index in [1.807, 2.05) is 54.6 Å². The predicted octanol–water partition coefficient (Wildman–Crippen LogP) is 1.52. The molecule has 2 aliphatic rings. The van der Waals surface area contributed by atoms with E-state index in [2.05, 4.69) is 36.6 Å². The number of nitrogens with one attached hydrogen (secondary N) is 6. The van der Waals surface area contributed by atoms with Crippen LogP contribution in [0, 0.1) is 5.92 Å². The van der Waals surface area contributed by atoms with Crippen molar-refractivity contribution in [1.29, 1.82) is 0 Å². The Morgan fingerprint density at radius 1 is 0.794 bits per heavy atom. The lowest BCUT2D eigenvalue weighted by Gasteiger charge is -2.30. The van der Waals surface area contributed by atoms with Crippen LogP contribution in [0.5, 0.6) is 0 Å². The predicted molar refractivity (Wildman–Crippen MR) is 237 cm³/mol. The van der Waals surface area contributed by atoms with Crippen LogP contribution in [-0.2, 0) is 46.4 Å². The number of likely N-dealkylation sites (tertiary alicyclic amines) is 1. The third-order valence-electron chi connectivity index (χ3n) is 11.7. The van der Waals surface area contributed by atoms with Gasteiger partial charge in [0.25, 0.3) is 0 Å². The number of hydrogen-bond donors (Lipinski definition) is 9. The van der Waals surface area contributed by atoms with Crippen molar-refractivity contribution in [1.82, 2.24) is 36.5 Å². The molecule has 1 saturated carbocycles. The van der Waals surface area contributed by atoms with Crippen LogP contribution in [0.1, 0.15) is 88.7 Å². The van der Waals surface area contributed by atoms with Crippen molar-refractivity contribution in [3.63, 3.8) is 0 Å². The van der Waals surface area contributed by atoms with Crippen LogP contribution in [-0.4, -0.2) is 112 Å². The van der Waals surface area contributed by atoms with Crippen LogP contribution < -0.4 is 38.1 Å². The third-order valence-corrected chi connectivity index (χ3v) is 11.7. The molecule has 1 aliphatic carbocycles. The molecule has 1 aliphatic heterocycles. The normalized spacial score (nSPS) is 17.1. The number of nitrogens with zero attached hydrogens (tertiary/aromatic N) is 2. The van der Waals surface area contributed by atoms with E-state index < -0.39 is 59.8 Å². The first-order valence-electron chi connectivity index (χ1n) is 21.9. The molecule has 2 fully saturated rings. The van der Waals surface area contributed by atoms with Crippen molar-refractivity contribution in [2.75, 3.05) is 19.6 Å². The molecule has 11 N–H and O–H groups in total. The molecule has 0 bridgehead atoms. The Morgan fingerprint density at radius 3 is 2.19 bits per heavy atom. The highest BCUT2D eigenvalue weighted by Gasteiger charge is 2.38. The minimum atomic E-state index is -1.29. The maximum Gasteiger partial charge on any atom is 0.326 e. The molecule has 0 spiro atoms. The molecule has 18 nitrogen and oxygen atoms in total. The van der Waals surface area contributed by atoms with Gasteiger partial charge in [0.2, 0.25) is 35.4 Å². The molecule has 0 unspecified atom stereocenters. The Labute approximate surface area is 367 Å². The van der Waals surface area contributed by atoms with Gasteiger partial charge in [0.05, 0.1) is 0 Å². The lowest BCUT2D eigenvalue weighted by molar-refractivity contribution is -0.142. The summed E-state index contributed by atoms with van der Waals surface area (Å²) in [6, 6.07) is 11.4. The summed E-state index contributed by atoms with van der Waals surface area (Å²) < 4.78 is 0. The highest BCUT2D eigenvalue weighted by Crippen LogP contribution is 2.28. The smallest absolute Gasteiger partial charge is 0.326 e. The number of guanidine groups is 1. The maximum absolute atomic E-state index is 14.4. The fourth-order valence-electron chi connectivity index (χ4n) is 8.49. The maximum atomic E-state index is 14.4. The second-order valence-corrected chi connectivity index (χ2v) is 16.5. The van der Waals surface area contributed by atoms with E-state index in [0.29, 0.717) is 25.8 Å². The number of aliphatic imine (C=N–C) groups is 1. The fourth-order valence-corrected chi connectivity index (χ4v) is 8.49.